The van der Waals surface area contributed by atoms with Gasteiger partial charge in [0.1, 0.15) is 5.82 Å². The van der Waals surface area contributed by atoms with Crippen LogP contribution in [0.3, 0.4) is 0 Å². The number of halogens is 2. The second-order valence-corrected chi connectivity index (χ2v) is 5.26. The van der Waals surface area contributed by atoms with Crippen LogP contribution in [0.1, 0.15) is 23.7 Å². The van der Waals surface area contributed by atoms with Crippen LogP contribution < -0.4 is 5.32 Å². The van der Waals surface area contributed by atoms with Gasteiger partial charge in [-0.25, -0.2) is 4.39 Å². The molecule has 1 heterocycles. The SMILES string of the molecule is O=C(CCc1cncc(F)c1)NCC(O)c1ccccc1Cl. The third-order valence-electron chi connectivity index (χ3n) is 3.16. The van der Waals surface area contributed by atoms with E-state index in [4.69, 9.17) is 11.6 Å². The van der Waals surface area contributed by atoms with Crippen molar-refractivity contribution in [2.24, 2.45) is 0 Å². The highest BCUT2D eigenvalue weighted by atomic mass is 35.5. The number of carbonyl (C=O) groups is 1. The summed E-state index contributed by atoms with van der Waals surface area (Å²) in [5, 5.41) is 13.1. The number of rotatable bonds is 6. The number of aliphatic hydroxyl groups is 1. The maximum Gasteiger partial charge on any atom is 0.220 e. The van der Waals surface area contributed by atoms with Crippen LogP contribution in [0.2, 0.25) is 5.02 Å². The molecule has 0 aliphatic rings. The third-order valence-corrected chi connectivity index (χ3v) is 3.50. The number of aryl methyl sites for hydroxylation is 1. The summed E-state index contributed by atoms with van der Waals surface area (Å²) in [6, 6.07) is 8.27. The first-order chi connectivity index (χ1) is 10.6. The molecule has 2 aromatic rings. The zero-order valence-corrected chi connectivity index (χ0v) is 12.6. The lowest BCUT2D eigenvalue weighted by Gasteiger charge is -2.13. The minimum absolute atomic E-state index is 0.0734. The van der Waals surface area contributed by atoms with Crippen LogP contribution in [0.5, 0.6) is 0 Å². The van der Waals surface area contributed by atoms with Crippen molar-refractivity contribution in [2.75, 3.05) is 6.54 Å². The molecule has 0 spiro atoms. The predicted octanol–water partition coefficient (Wildman–Crippen LogP) is 2.66. The van der Waals surface area contributed by atoms with E-state index in [2.05, 4.69) is 10.3 Å². The summed E-state index contributed by atoms with van der Waals surface area (Å²) >= 11 is 5.98. The van der Waals surface area contributed by atoms with Crippen LogP contribution in [0.4, 0.5) is 4.39 Å². The topological polar surface area (TPSA) is 62.2 Å². The van der Waals surface area contributed by atoms with E-state index in [-0.39, 0.29) is 18.9 Å². The van der Waals surface area contributed by atoms with Crippen molar-refractivity contribution >= 4 is 17.5 Å². The van der Waals surface area contributed by atoms with Gasteiger partial charge in [-0.15, -0.1) is 0 Å². The molecule has 116 valence electrons. The van der Waals surface area contributed by atoms with Crippen molar-refractivity contribution in [1.82, 2.24) is 10.3 Å². The van der Waals surface area contributed by atoms with E-state index in [9.17, 15) is 14.3 Å². The number of pyridine rings is 1. The maximum absolute atomic E-state index is 13.0. The molecule has 2 N–H and O–H groups in total. The fourth-order valence-corrected chi connectivity index (χ4v) is 2.27. The first-order valence-electron chi connectivity index (χ1n) is 6.85. The Kier molecular flexibility index (Phi) is 5.86. The molecular weight excluding hydrogens is 307 g/mol. The normalized spacial score (nSPS) is 12.0. The van der Waals surface area contributed by atoms with Crippen LogP contribution >= 0.6 is 11.6 Å². The van der Waals surface area contributed by atoms with E-state index in [1.807, 2.05) is 0 Å². The highest BCUT2D eigenvalue weighted by molar-refractivity contribution is 6.31. The van der Waals surface area contributed by atoms with Gasteiger partial charge in [0.15, 0.2) is 0 Å². The first kappa shape index (κ1) is 16.4. The molecule has 1 atom stereocenters. The molecule has 22 heavy (non-hydrogen) atoms. The fourth-order valence-electron chi connectivity index (χ4n) is 2.00. The lowest BCUT2D eigenvalue weighted by molar-refractivity contribution is -0.121. The molecule has 1 aromatic carbocycles. The van der Waals surface area contributed by atoms with Crippen molar-refractivity contribution in [3.05, 3.63) is 64.7 Å². The van der Waals surface area contributed by atoms with E-state index in [0.717, 1.165) is 6.20 Å². The lowest BCUT2D eigenvalue weighted by atomic mass is 10.1. The summed E-state index contributed by atoms with van der Waals surface area (Å²) in [6.45, 7) is 0.0734. The Labute approximate surface area is 133 Å². The molecule has 1 aromatic heterocycles. The van der Waals surface area contributed by atoms with Crippen LogP contribution in [-0.2, 0) is 11.2 Å². The smallest absolute Gasteiger partial charge is 0.220 e. The van der Waals surface area contributed by atoms with Crippen molar-refractivity contribution in [2.45, 2.75) is 18.9 Å². The predicted molar refractivity (Wildman–Crippen MR) is 81.9 cm³/mol. The molecule has 1 amide bonds. The lowest BCUT2D eigenvalue weighted by Crippen LogP contribution is -2.28. The van der Waals surface area contributed by atoms with E-state index >= 15 is 0 Å². The van der Waals surface area contributed by atoms with Gasteiger partial charge in [-0.2, -0.15) is 0 Å². The molecule has 2 rings (SSSR count). The van der Waals surface area contributed by atoms with Gasteiger partial charge in [0.05, 0.1) is 12.3 Å². The minimum Gasteiger partial charge on any atom is -0.387 e. The van der Waals surface area contributed by atoms with Gasteiger partial charge < -0.3 is 10.4 Å². The van der Waals surface area contributed by atoms with Gasteiger partial charge in [-0.3, -0.25) is 9.78 Å². The number of carbonyl (C=O) groups excluding carboxylic acids is 1. The van der Waals surface area contributed by atoms with E-state index < -0.39 is 11.9 Å². The number of benzene rings is 1. The monoisotopic (exact) mass is 322 g/mol. The molecular formula is C16H16ClFN2O2. The Hall–Kier alpha value is -1.98. The maximum atomic E-state index is 13.0. The van der Waals surface area contributed by atoms with Crippen LogP contribution in [0.15, 0.2) is 42.7 Å². The molecule has 0 aliphatic heterocycles. The Bertz CT molecular complexity index is 652. The molecule has 6 heteroatoms. The van der Waals surface area contributed by atoms with Crippen LogP contribution in [0, 0.1) is 5.82 Å². The highest BCUT2D eigenvalue weighted by Gasteiger charge is 2.12. The van der Waals surface area contributed by atoms with Crippen molar-refractivity contribution in [3.8, 4) is 0 Å². The Morgan fingerprint density at radius 2 is 2.14 bits per heavy atom. The van der Waals surface area contributed by atoms with Gasteiger partial charge in [0.2, 0.25) is 5.91 Å². The minimum atomic E-state index is -0.867. The fraction of sp³-hybridized carbons (Fsp3) is 0.250. The quantitative estimate of drug-likeness (QED) is 0.859. The molecule has 0 saturated carbocycles. The molecule has 0 saturated heterocycles. The summed E-state index contributed by atoms with van der Waals surface area (Å²) in [5.74, 6) is -0.651. The molecule has 4 nitrogen and oxygen atoms in total. The van der Waals surface area contributed by atoms with E-state index in [1.165, 1.54) is 12.3 Å². The van der Waals surface area contributed by atoms with Crippen molar-refractivity contribution in [3.63, 3.8) is 0 Å². The van der Waals surface area contributed by atoms with E-state index in [0.29, 0.717) is 22.6 Å². The van der Waals surface area contributed by atoms with E-state index in [1.54, 1.807) is 24.3 Å². The van der Waals surface area contributed by atoms with Crippen molar-refractivity contribution in [1.29, 1.82) is 0 Å². The summed E-state index contributed by atoms with van der Waals surface area (Å²) in [6.07, 6.45) is 2.35. The van der Waals surface area contributed by atoms with Gasteiger partial charge in [0, 0.05) is 29.7 Å². The number of nitrogens with zero attached hydrogens (tertiary/aromatic N) is 1. The molecule has 0 bridgehead atoms. The molecule has 1 unspecified atom stereocenters. The van der Waals surface area contributed by atoms with Gasteiger partial charge in [-0.05, 0) is 24.1 Å². The Morgan fingerprint density at radius 3 is 2.86 bits per heavy atom. The average molecular weight is 323 g/mol. The number of hydrogen-bond donors (Lipinski definition) is 2. The van der Waals surface area contributed by atoms with Crippen LogP contribution in [-0.4, -0.2) is 22.5 Å². The summed E-state index contributed by atoms with van der Waals surface area (Å²) in [7, 11) is 0. The summed E-state index contributed by atoms with van der Waals surface area (Å²) in [5.41, 5.74) is 1.22. The number of amides is 1. The second-order valence-electron chi connectivity index (χ2n) is 4.85. The molecule has 0 radical (unpaired) electrons. The standard InChI is InChI=1S/C16H16ClFN2O2/c17-14-4-2-1-3-13(14)15(21)10-20-16(22)6-5-11-7-12(18)9-19-8-11/h1-4,7-9,15,21H,5-6,10H2,(H,20,22). The number of hydrogen-bond acceptors (Lipinski definition) is 3. The average Bonchev–Trinajstić information content (AvgIpc) is 2.51. The third kappa shape index (κ3) is 4.79. The van der Waals surface area contributed by atoms with Crippen molar-refractivity contribution < 1.29 is 14.3 Å². The Morgan fingerprint density at radius 1 is 1.36 bits per heavy atom. The highest BCUT2D eigenvalue weighted by Crippen LogP contribution is 2.21. The number of aliphatic hydroxyl groups excluding tert-OH is 1. The van der Waals surface area contributed by atoms with Gasteiger partial charge in [-0.1, -0.05) is 29.8 Å². The molecule has 0 aliphatic carbocycles. The zero-order chi connectivity index (χ0) is 15.9. The number of nitrogens with one attached hydrogen (secondary N) is 1. The van der Waals surface area contributed by atoms with Gasteiger partial charge >= 0.3 is 0 Å². The van der Waals surface area contributed by atoms with Gasteiger partial charge in [0.25, 0.3) is 0 Å². The number of aromatic nitrogens is 1. The summed E-state index contributed by atoms with van der Waals surface area (Å²) < 4.78 is 13.0. The largest absolute Gasteiger partial charge is 0.387 e. The Balaban J connectivity index is 1.79. The van der Waals surface area contributed by atoms with Crippen LogP contribution in [0.25, 0.3) is 0 Å². The summed E-state index contributed by atoms with van der Waals surface area (Å²) in [4.78, 5) is 15.5. The first-order valence-corrected chi connectivity index (χ1v) is 7.22. The molecule has 0 fully saturated rings. The second kappa shape index (κ2) is 7.87. The zero-order valence-electron chi connectivity index (χ0n) is 11.8.